The van der Waals surface area contributed by atoms with E-state index in [1.54, 1.807) is 12.1 Å². The van der Waals surface area contributed by atoms with Crippen LogP contribution in [0.4, 0.5) is 10.1 Å². The molecule has 0 aliphatic heterocycles. The summed E-state index contributed by atoms with van der Waals surface area (Å²) in [7, 11) is 1.21. The molecule has 0 unspecified atom stereocenters. The minimum Gasteiger partial charge on any atom is -0.465 e. The summed E-state index contributed by atoms with van der Waals surface area (Å²) in [5.41, 5.74) is 1.38. The molecule has 0 bridgehead atoms. The Morgan fingerprint density at radius 3 is 2.81 bits per heavy atom. The maximum Gasteiger partial charge on any atom is 0.340 e. The number of nitrogens with one attached hydrogen (secondary N) is 1. The van der Waals surface area contributed by atoms with Gasteiger partial charge in [-0.1, -0.05) is 27.5 Å². The molecule has 0 radical (unpaired) electrons. The molecule has 0 saturated carbocycles. The predicted octanol–water partition coefficient (Wildman–Crippen LogP) is 4.64. The Labute approximate surface area is 135 Å². The van der Waals surface area contributed by atoms with Gasteiger partial charge >= 0.3 is 5.97 Å². The lowest BCUT2D eigenvalue weighted by molar-refractivity contribution is 0.0595. The van der Waals surface area contributed by atoms with Crippen LogP contribution in [-0.2, 0) is 11.3 Å². The van der Waals surface area contributed by atoms with Crippen molar-refractivity contribution in [2.75, 3.05) is 12.4 Å². The first kappa shape index (κ1) is 15.8. The van der Waals surface area contributed by atoms with Gasteiger partial charge in [0, 0.05) is 21.7 Å². The molecule has 0 heterocycles. The van der Waals surface area contributed by atoms with Crippen molar-refractivity contribution >= 4 is 39.2 Å². The number of carbonyl (C=O) groups excluding carboxylic acids is 1. The number of hydrogen-bond donors (Lipinski definition) is 1. The summed E-state index contributed by atoms with van der Waals surface area (Å²) in [4.78, 5) is 11.4. The first-order valence-corrected chi connectivity index (χ1v) is 7.24. The molecule has 2 aromatic carbocycles. The Balaban J connectivity index is 2.17. The Morgan fingerprint density at radius 1 is 1.33 bits per heavy atom. The summed E-state index contributed by atoms with van der Waals surface area (Å²) in [6.45, 7) is 0.449. The number of ether oxygens (including phenoxy) is 1. The van der Waals surface area contributed by atoms with Crippen molar-refractivity contribution in [3.05, 3.63) is 62.8 Å². The van der Waals surface area contributed by atoms with Gasteiger partial charge in [0.1, 0.15) is 5.82 Å². The molecule has 0 amide bonds. The monoisotopic (exact) mass is 371 g/mol. The third-order valence-corrected chi connectivity index (χ3v) is 3.72. The van der Waals surface area contributed by atoms with Crippen molar-refractivity contribution in [2.24, 2.45) is 0 Å². The first-order valence-electron chi connectivity index (χ1n) is 6.07. The minimum absolute atomic E-state index is 0.108. The summed E-state index contributed by atoms with van der Waals surface area (Å²) in [5.74, 6) is -1.33. The zero-order valence-corrected chi connectivity index (χ0v) is 13.5. The highest BCUT2D eigenvalue weighted by atomic mass is 79.9. The Kier molecular flexibility index (Phi) is 5.20. The molecular formula is C15H12BrClFNO2. The van der Waals surface area contributed by atoms with Gasteiger partial charge in [-0.05, 0) is 42.0 Å². The molecule has 110 valence electrons. The van der Waals surface area contributed by atoms with Crippen molar-refractivity contribution in [3.8, 4) is 0 Å². The zero-order valence-electron chi connectivity index (χ0n) is 11.1. The molecule has 1 N–H and O–H groups in total. The molecule has 0 atom stereocenters. The summed E-state index contributed by atoms with van der Waals surface area (Å²) in [6.07, 6.45) is 0. The number of carbonyl (C=O) groups is 1. The number of hydrogen-bond acceptors (Lipinski definition) is 3. The molecule has 2 aromatic rings. The summed E-state index contributed by atoms with van der Waals surface area (Å²) in [6, 6.07) is 9.70. The quantitative estimate of drug-likeness (QED) is 0.795. The average molecular weight is 373 g/mol. The minimum atomic E-state index is -0.711. The van der Waals surface area contributed by atoms with Crippen LogP contribution >= 0.6 is 27.5 Å². The standard InChI is InChI=1S/C15H12BrClFNO2/c1-21-15(20)12-7-11(3-5-14(12)18)19-8-9-6-10(16)2-4-13(9)17/h2-7,19H,8H2,1H3. The van der Waals surface area contributed by atoms with Crippen LogP contribution in [0.5, 0.6) is 0 Å². The fourth-order valence-electron chi connectivity index (χ4n) is 1.78. The molecule has 0 spiro atoms. The summed E-state index contributed by atoms with van der Waals surface area (Å²) < 4.78 is 19.0. The molecule has 2 rings (SSSR count). The SMILES string of the molecule is COC(=O)c1cc(NCc2cc(Br)ccc2Cl)ccc1F. The van der Waals surface area contributed by atoms with Crippen LogP contribution in [-0.4, -0.2) is 13.1 Å². The molecule has 6 heteroatoms. The van der Waals surface area contributed by atoms with Crippen LogP contribution in [0.2, 0.25) is 5.02 Å². The lowest BCUT2D eigenvalue weighted by atomic mass is 10.1. The number of halogens is 3. The molecule has 0 fully saturated rings. The number of benzene rings is 2. The van der Waals surface area contributed by atoms with Gasteiger partial charge in [0.15, 0.2) is 0 Å². The fourth-order valence-corrected chi connectivity index (χ4v) is 2.37. The van der Waals surface area contributed by atoms with Crippen molar-refractivity contribution in [1.82, 2.24) is 0 Å². The third kappa shape index (κ3) is 3.95. The first-order chi connectivity index (χ1) is 10.0. The molecule has 0 aliphatic rings. The van der Waals surface area contributed by atoms with Gasteiger partial charge in [-0.15, -0.1) is 0 Å². The summed E-state index contributed by atoms with van der Waals surface area (Å²) in [5, 5.41) is 3.72. The van der Waals surface area contributed by atoms with E-state index in [2.05, 4.69) is 26.0 Å². The van der Waals surface area contributed by atoms with Crippen molar-refractivity contribution < 1.29 is 13.9 Å². The van der Waals surface area contributed by atoms with Crippen LogP contribution in [0.3, 0.4) is 0 Å². The van der Waals surface area contributed by atoms with E-state index in [1.165, 1.54) is 19.2 Å². The molecule has 3 nitrogen and oxygen atoms in total. The highest BCUT2D eigenvalue weighted by Crippen LogP contribution is 2.23. The van der Waals surface area contributed by atoms with Crippen molar-refractivity contribution in [1.29, 1.82) is 0 Å². The highest BCUT2D eigenvalue weighted by Gasteiger charge is 2.12. The van der Waals surface area contributed by atoms with E-state index < -0.39 is 11.8 Å². The van der Waals surface area contributed by atoms with Crippen molar-refractivity contribution in [3.63, 3.8) is 0 Å². The Hall–Kier alpha value is -1.59. The number of rotatable bonds is 4. The topological polar surface area (TPSA) is 38.3 Å². The number of anilines is 1. The lowest BCUT2D eigenvalue weighted by Crippen LogP contribution is -2.06. The normalized spacial score (nSPS) is 10.3. The second kappa shape index (κ2) is 6.91. The molecular weight excluding hydrogens is 361 g/mol. The van der Waals surface area contributed by atoms with Gasteiger partial charge in [0.2, 0.25) is 0 Å². The van der Waals surface area contributed by atoms with Crippen molar-refractivity contribution in [2.45, 2.75) is 6.54 Å². The Morgan fingerprint density at radius 2 is 2.10 bits per heavy atom. The van der Waals surface area contributed by atoms with E-state index in [0.717, 1.165) is 10.0 Å². The molecule has 21 heavy (non-hydrogen) atoms. The fraction of sp³-hybridized carbons (Fsp3) is 0.133. The van der Waals surface area contributed by atoms with Gasteiger partial charge in [-0.25, -0.2) is 9.18 Å². The van der Waals surface area contributed by atoms with Crippen LogP contribution in [0, 0.1) is 5.82 Å². The van der Waals surface area contributed by atoms with E-state index in [9.17, 15) is 9.18 Å². The molecule has 0 saturated heterocycles. The zero-order chi connectivity index (χ0) is 15.4. The van der Waals surface area contributed by atoms with Gasteiger partial charge in [-0.2, -0.15) is 0 Å². The van der Waals surface area contributed by atoms with E-state index in [0.29, 0.717) is 17.3 Å². The van der Waals surface area contributed by atoms with E-state index in [-0.39, 0.29) is 5.56 Å². The smallest absolute Gasteiger partial charge is 0.340 e. The van der Waals surface area contributed by atoms with E-state index in [1.807, 2.05) is 12.1 Å². The average Bonchev–Trinajstić information content (AvgIpc) is 2.48. The predicted molar refractivity (Wildman–Crippen MR) is 84.2 cm³/mol. The lowest BCUT2D eigenvalue weighted by Gasteiger charge is -2.10. The van der Waals surface area contributed by atoms with Gasteiger partial charge in [0.05, 0.1) is 12.7 Å². The van der Waals surface area contributed by atoms with Gasteiger partial charge in [-0.3, -0.25) is 0 Å². The van der Waals surface area contributed by atoms with Crippen LogP contribution in [0.1, 0.15) is 15.9 Å². The largest absolute Gasteiger partial charge is 0.465 e. The second-order valence-corrected chi connectivity index (χ2v) is 5.60. The van der Waals surface area contributed by atoms with Crippen LogP contribution < -0.4 is 5.32 Å². The molecule has 0 aliphatic carbocycles. The van der Waals surface area contributed by atoms with Crippen LogP contribution in [0.25, 0.3) is 0 Å². The summed E-state index contributed by atoms with van der Waals surface area (Å²) >= 11 is 9.47. The van der Waals surface area contributed by atoms with Gasteiger partial charge in [0.25, 0.3) is 0 Å². The van der Waals surface area contributed by atoms with Gasteiger partial charge < -0.3 is 10.1 Å². The third-order valence-electron chi connectivity index (χ3n) is 2.86. The molecule has 0 aromatic heterocycles. The second-order valence-electron chi connectivity index (χ2n) is 4.28. The van der Waals surface area contributed by atoms with Crippen LogP contribution in [0.15, 0.2) is 40.9 Å². The number of esters is 1. The maximum atomic E-state index is 13.5. The Bertz CT molecular complexity index is 679. The maximum absolute atomic E-state index is 13.5. The van der Waals surface area contributed by atoms with E-state index in [4.69, 9.17) is 11.6 Å². The highest BCUT2D eigenvalue weighted by molar-refractivity contribution is 9.10. The number of methoxy groups -OCH3 is 1. The van der Waals surface area contributed by atoms with E-state index >= 15 is 0 Å².